The molecule has 0 aliphatic rings. The van der Waals surface area contributed by atoms with Gasteiger partial charge in [-0.3, -0.25) is 10.2 Å². The lowest BCUT2D eigenvalue weighted by molar-refractivity contribution is 0.436. The maximum Gasteiger partial charge on any atom is 0.265 e. The molecule has 2 N–H and O–H groups in total. The largest absolute Gasteiger partial charge is 0.494 e. The third-order valence-corrected chi connectivity index (χ3v) is 8.37. The van der Waals surface area contributed by atoms with Crippen LogP contribution in [0.25, 0.3) is 16.5 Å². The fraction of sp³-hybridized carbons (Fsp3) is 0.0968. The van der Waals surface area contributed by atoms with E-state index in [-0.39, 0.29) is 21.2 Å². The second kappa shape index (κ2) is 10.2. The fourth-order valence-electron chi connectivity index (χ4n) is 4.50. The molecule has 0 saturated heterocycles. The lowest BCUT2D eigenvalue weighted by Crippen LogP contribution is -2.21. The molecule has 0 aliphatic heterocycles. The van der Waals surface area contributed by atoms with Crippen molar-refractivity contribution in [1.29, 1.82) is 0 Å². The Hall–Kier alpha value is -4.69. The number of fused-ring (bicyclic) bond motifs is 1. The fourth-order valence-corrected chi connectivity index (χ4v) is 5.76. The van der Waals surface area contributed by atoms with E-state index in [1.807, 2.05) is 39.0 Å². The number of aromatic hydroxyl groups is 1. The summed E-state index contributed by atoms with van der Waals surface area (Å²) in [5.41, 5.74) is 6.95. The molecule has 1 heterocycles. The Morgan fingerprint density at radius 2 is 1.38 bits per heavy atom. The number of benzene rings is 4. The smallest absolute Gasteiger partial charge is 0.265 e. The van der Waals surface area contributed by atoms with E-state index < -0.39 is 9.84 Å². The number of sulfone groups is 1. The van der Waals surface area contributed by atoms with Crippen molar-refractivity contribution >= 4 is 32.5 Å². The number of rotatable bonds is 6. The third-order valence-electron chi connectivity index (χ3n) is 6.58. The van der Waals surface area contributed by atoms with E-state index in [0.717, 1.165) is 16.7 Å². The summed E-state index contributed by atoms with van der Waals surface area (Å²) >= 11 is 0. The second-order valence-electron chi connectivity index (χ2n) is 9.42. The van der Waals surface area contributed by atoms with Gasteiger partial charge >= 0.3 is 0 Å². The zero-order valence-corrected chi connectivity index (χ0v) is 22.5. The van der Waals surface area contributed by atoms with Crippen molar-refractivity contribution in [2.45, 2.75) is 30.6 Å². The molecule has 4 aromatic carbocycles. The molecular weight excluding hydrogens is 510 g/mol. The predicted molar refractivity (Wildman–Crippen MR) is 155 cm³/mol. The first-order valence-corrected chi connectivity index (χ1v) is 13.8. The number of nitrogens with zero attached hydrogens (tertiary/aromatic N) is 2. The summed E-state index contributed by atoms with van der Waals surface area (Å²) in [5.74, 6) is -0.226. The van der Waals surface area contributed by atoms with E-state index in [1.54, 1.807) is 60.7 Å². The third kappa shape index (κ3) is 4.94. The van der Waals surface area contributed by atoms with Crippen LogP contribution in [-0.4, -0.2) is 24.3 Å². The van der Waals surface area contributed by atoms with E-state index >= 15 is 0 Å². The topological polar surface area (TPSA) is 101 Å². The van der Waals surface area contributed by atoms with E-state index in [9.17, 15) is 18.3 Å². The summed E-state index contributed by atoms with van der Waals surface area (Å²) in [6, 6.07) is 25.7. The van der Waals surface area contributed by atoms with Crippen LogP contribution in [0.1, 0.15) is 22.3 Å². The Bertz CT molecular complexity index is 1890. The van der Waals surface area contributed by atoms with E-state index in [2.05, 4.69) is 10.5 Å². The van der Waals surface area contributed by atoms with Gasteiger partial charge in [0.15, 0.2) is 0 Å². The zero-order chi connectivity index (χ0) is 27.7. The molecule has 7 nitrogen and oxygen atoms in total. The molecule has 0 fully saturated rings. The highest BCUT2D eigenvalue weighted by molar-refractivity contribution is 7.91. The first kappa shape index (κ1) is 25.9. The van der Waals surface area contributed by atoms with Crippen molar-refractivity contribution in [2.24, 2.45) is 5.10 Å². The molecule has 0 aliphatic carbocycles. The maximum absolute atomic E-state index is 13.4. The molecule has 1 aromatic heterocycles. The molecule has 0 spiro atoms. The molecule has 196 valence electrons. The van der Waals surface area contributed by atoms with Gasteiger partial charge in [0, 0.05) is 10.8 Å². The van der Waals surface area contributed by atoms with Gasteiger partial charge in [-0.2, -0.15) is 5.10 Å². The van der Waals surface area contributed by atoms with Crippen molar-refractivity contribution in [3.05, 3.63) is 124 Å². The minimum Gasteiger partial charge on any atom is -0.494 e. The molecule has 0 radical (unpaired) electrons. The number of aryl methyl sites for hydroxylation is 3. The Balaban J connectivity index is 1.48. The molecule has 0 bridgehead atoms. The molecule has 0 amide bonds. The van der Waals surface area contributed by atoms with Crippen molar-refractivity contribution in [2.75, 3.05) is 5.43 Å². The lowest BCUT2D eigenvalue weighted by Gasteiger charge is -2.16. The SMILES string of the molecule is Cc1ccc(S(=O)(=O)c2ccc(NN=Cc3c(O)n(-c4ccc(C)cc4C)c(=O)c4ccccc34)cc2)cc1. The number of pyridine rings is 1. The van der Waals surface area contributed by atoms with Gasteiger partial charge in [-0.25, -0.2) is 13.0 Å². The monoisotopic (exact) mass is 537 g/mol. The van der Waals surface area contributed by atoms with Crippen molar-refractivity contribution in [3.63, 3.8) is 0 Å². The van der Waals surface area contributed by atoms with Crippen LogP contribution in [0.4, 0.5) is 5.69 Å². The Morgan fingerprint density at radius 3 is 2.03 bits per heavy atom. The Morgan fingerprint density at radius 1 is 0.795 bits per heavy atom. The van der Waals surface area contributed by atoms with E-state index in [0.29, 0.717) is 27.7 Å². The van der Waals surface area contributed by atoms with Gasteiger partial charge in [0.05, 0.1) is 32.9 Å². The zero-order valence-electron chi connectivity index (χ0n) is 21.7. The molecular formula is C31H27N3O4S. The van der Waals surface area contributed by atoms with Crippen LogP contribution in [-0.2, 0) is 9.84 Å². The van der Waals surface area contributed by atoms with E-state index in [4.69, 9.17) is 0 Å². The normalized spacial score (nSPS) is 11.8. The highest BCUT2D eigenvalue weighted by Crippen LogP contribution is 2.28. The Kier molecular flexibility index (Phi) is 6.80. The maximum atomic E-state index is 13.4. The quantitative estimate of drug-likeness (QED) is 0.207. The minimum atomic E-state index is -3.64. The number of aromatic nitrogens is 1. The minimum absolute atomic E-state index is 0.171. The van der Waals surface area contributed by atoms with Crippen LogP contribution >= 0.6 is 0 Å². The van der Waals surface area contributed by atoms with Gasteiger partial charge < -0.3 is 5.11 Å². The first-order chi connectivity index (χ1) is 18.7. The van der Waals surface area contributed by atoms with Gasteiger partial charge in [0.25, 0.3) is 5.56 Å². The average molecular weight is 538 g/mol. The summed E-state index contributed by atoms with van der Waals surface area (Å²) in [6.45, 7) is 5.76. The van der Waals surface area contributed by atoms with Gasteiger partial charge in [-0.15, -0.1) is 0 Å². The van der Waals surface area contributed by atoms with Crippen LogP contribution in [0.2, 0.25) is 0 Å². The van der Waals surface area contributed by atoms with Gasteiger partial charge in [-0.1, -0.05) is 53.6 Å². The van der Waals surface area contributed by atoms with Gasteiger partial charge in [0.1, 0.15) is 0 Å². The molecule has 0 atom stereocenters. The molecule has 8 heteroatoms. The summed E-state index contributed by atoms with van der Waals surface area (Å²) in [7, 11) is -3.64. The van der Waals surface area contributed by atoms with Crippen LogP contribution in [0, 0.1) is 20.8 Å². The number of hydrazone groups is 1. The van der Waals surface area contributed by atoms with E-state index in [1.165, 1.54) is 22.9 Å². The van der Waals surface area contributed by atoms with Gasteiger partial charge in [0.2, 0.25) is 15.7 Å². The number of nitrogens with one attached hydrogen (secondary N) is 1. The number of hydrogen-bond donors (Lipinski definition) is 2. The van der Waals surface area contributed by atoms with Crippen LogP contribution in [0.5, 0.6) is 5.88 Å². The Labute approximate surface area is 226 Å². The van der Waals surface area contributed by atoms with Gasteiger partial charge in [-0.05, 0) is 74.9 Å². The standard InChI is InChI=1S/C31H27N3O4S/c1-20-8-13-24(14-9-20)39(37,38)25-15-11-23(12-16-25)33-32-19-28-26-6-4-5-7-27(26)30(35)34(31(28)36)29-17-10-21(2)18-22(29)3/h4-19,33,36H,1-3H3. The highest BCUT2D eigenvalue weighted by atomic mass is 32.2. The number of hydrogen-bond acceptors (Lipinski definition) is 6. The average Bonchev–Trinajstić information content (AvgIpc) is 2.92. The molecule has 39 heavy (non-hydrogen) atoms. The second-order valence-corrected chi connectivity index (χ2v) is 11.4. The van der Waals surface area contributed by atoms with Crippen molar-refractivity contribution < 1.29 is 13.5 Å². The van der Waals surface area contributed by atoms with Crippen molar-refractivity contribution in [1.82, 2.24) is 4.57 Å². The summed E-state index contributed by atoms with van der Waals surface area (Å²) in [6.07, 6.45) is 1.45. The van der Waals surface area contributed by atoms with Crippen LogP contribution in [0.3, 0.4) is 0 Å². The van der Waals surface area contributed by atoms with Crippen molar-refractivity contribution in [3.8, 4) is 11.6 Å². The number of anilines is 1. The summed E-state index contributed by atoms with van der Waals surface area (Å²) < 4.78 is 27.2. The molecule has 0 unspecified atom stereocenters. The first-order valence-electron chi connectivity index (χ1n) is 12.3. The summed E-state index contributed by atoms with van der Waals surface area (Å²) in [5, 5.41) is 16.5. The predicted octanol–water partition coefficient (Wildman–Crippen LogP) is 5.90. The lowest BCUT2D eigenvalue weighted by atomic mass is 10.1. The molecule has 5 rings (SSSR count). The molecule has 0 saturated carbocycles. The highest BCUT2D eigenvalue weighted by Gasteiger charge is 2.18. The molecule has 5 aromatic rings. The van der Waals surface area contributed by atoms with Crippen LogP contribution < -0.4 is 11.0 Å². The van der Waals surface area contributed by atoms with Crippen LogP contribution in [0.15, 0.2) is 111 Å². The summed E-state index contributed by atoms with van der Waals surface area (Å²) in [4.78, 5) is 13.8.